The van der Waals surface area contributed by atoms with E-state index in [0.29, 0.717) is 17.9 Å². The Morgan fingerprint density at radius 2 is 2.22 bits per heavy atom. The highest BCUT2D eigenvalue weighted by atomic mass is 16.5. The molecule has 2 aromatic rings. The Bertz CT molecular complexity index is 575. The number of carbonyl (C=O) groups is 1. The highest BCUT2D eigenvalue weighted by molar-refractivity contribution is 5.96. The number of carbonyl (C=O) groups excluding carboxylic acids is 1. The van der Waals surface area contributed by atoms with E-state index >= 15 is 0 Å². The van der Waals surface area contributed by atoms with Gasteiger partial charge in [-0.05, 0) is 38.1 Å². The topological polar surface area (TPSA) is 70.1 Å². The van der Waals surface area contributed by atoms with Crippen LogP contribution in [0.5, 0.6) is 5.75 Å². The molecule has 5 heteroatoms. The van der Waals surface area contributed by atoms with Crippen LogP contribution in [0.25, 0.3) is 5.69 Å². The first-order chi connectivity index (χ1) is 8.61. The van der Waals surface area contributed by atoms with Gasteiger partial charge in [-0.2, -0.15) is 5.10 Å². The van der Waals surface area contributed by atoms with E-state index in [1.54, 1.807) is 16.8 Å². The molecule has 0 bridgehead atoms. The van der Waals surface area contributed by atoms with Gasteiger partial charge < -0.3 is 10.5 Å². The van der Waals surface area contributed by atoms with Crippen molar-refractivity contribution >= 4 is 5.91 Å². The van der Waals surface area contributed by atoms with Crippen molar-refractivity contribution in [2.24, 2.45) is 5.73 Å². The fourth-order valence-corrected chi connectivity index (χ4v) is 1.69. The Morgan fingerprint density at radius 1 is 1.44 bits per heavy atom. The van der Waals surface area contributed by atoms with Crippen molar-refractivity contribution in [2.75, 3.05) is 6.61 Å². The summed E-state index contributed by atoms with van der Waals surface area (Å²) in [6.45, 7) is 4.25. The quantitative estimate of drug-likeness (QED) is 0.890. The molecule has 18 heavy (non-hydrogen) atoms. The Hall–Kier alpha value is -2.30. The zero-order valence-corrected chi connectivity index (χ0v) is 10.4. The van der Waals surface area contributed by atoms with Gasteiger partial charge in [0.15, 0.2) is 0 Å². The van der Waals surface area contributed by atoms with Gasteiger partial charge in [0.25, 0.3) is 5.91 Å². The maximum Gasteiger partial charge on any atom is 0.252 e. The van der Waals surface area contributed by atoms with E-state index < -0.39 is 5.91 Å². The van der Waals surface area contributed by atoms with Crippen LogP contribution < -0.4 is 10.5 Å². The summed E-state index contributed by atoms with van der Waals surface area (Å²) < 4.78 is 7.06. The number of nitrogens with two attached hydrogens (primary N) is 1. The second kappa shape index (κ2) is 4.91. The molecule has 0 saturated heterocycles. The fraction of sp³-hybridized carbons (Fsp3) is 0.231. The summed E-state index contributed by atoms with van der Waals surface area (Å²) in [5.74, 6) is -0.0122. The maximum absolute atomic E-state index is 11.4. The first-order valence-corrected chi connectivity index (χ1v) is 5.71. The number of benzene rings is 1. The largest absolute Gasteiger partial charge is 0.493 e. The van der Waals surface area contributed by atoms with Crippen LogP contribution in [0.4, 0.5) is 0 Å². The molecule has 0 aliphatic carbocycles. The van der Waals surface area contributed by atoms with Crippen LogP contribution >= 0.6 is 0 Å². The third-order valence-corrected chi connectivity index (χ3v) is 2.52. The lowest BCUT2D eigenvalue weighted by molar-refractivity contribution is 0.0996. The minimum atomic E-state index is -0.510. The van der Waals surface area contributed by atoms with Crippen molar-refractivity contribution in [2.45, 2.75) is 13.8 Å². The van der Waals surface area contributed by atoms with Crippen molar-refractivity contribution in [3.63, 3.8) is 0 Å². The SMILES string of the molecule is CCOc1ccc(-n2ccc(C)n2)cc1C(N)=O. The summed E-state index contributed by atoms with van der Waals surface area (Å²) in [5, 5.41) is 4.28. The van der Waals surface area contributed by atoms with Crippen LogP contribution in [-0.4, -0.2) is 22.3 Å². The lowest BCUT2D eigenvalue weighted by Crippen LogP contribution is -2.14. The Labute approximate surface area is 105 Å². The number of hydrogen-bond donors (Lipinski definition) is 1. The van der Waals surface area contributed by atoms with Crippen molar-refractivity contribution in [3.05, 3.63) is 41.7 Å². The van der Waals surface area contributed by atoms with Crippen molar-refractivity contribution < 1.29 is 9.53 Å². The Balaban J connectivity index is 2.46. The average molecular weight is 245 g/mol. The van der Waals surface area contributed by atoms with Gasteiger partial charge in [-0.15, -0.1) is 0 Å². The monoisotopic (exact) mass is 245 g/mol. The molecule has 0 radical (unpaired) electrons. The smallest absolute Gasteiger partial charge is 0.252 e. The number of rotatable bonds is 4. The first kappa shape index (κ1) is 12.2. The second-order valence-corrected chi connectivity index (χ2v) is 3.88. The molecular weight excluding hydrogens is 230 g/mol. The van der Waals surface area contributed by atoms with Gasteiger partial charge in [0, 0.05) is 6.20 Å². The van der Waals surface area contributed by atoms with Gasteiger partial charge in [0.1, 0.15) is 5.75 Å². The van der Waals surface area contributed by atoms with Crippen LogP contribution in [0.1, 0.15) is 23.0 Å². The number of hydrogen-bond acceptors (Lipinski definition) is 3. The molecule has 2 rings (SSSR count). The summed E-state index contributed by atoms with van der Waals surface area (Å²) in [4.78, 5) is 11.4. The molecule has 0 aliphatic heterocycles. The van der Waals surface area contributed by atoms with Gasteiger partial charge in [-0.1, -0.05) is 0 Å². The normalized spacial score (nSPS) is 10.3. The Morgan fingerprint density at radius 3 is 2.78 bits per heavy atom. The number of ether oxygens (including phenoxy) is 1. The molecule has 1 aromatic carbocycles. The average Bonchev–Trinajstić information content (AvgIpc) is 2.76. The van der Waals surface area contributed by atoms with Gasteiger partial charge in [0.05, 0.1) is 23.6 Å². The number of aromatic nitrogens is 2. The van der Waals surface area contributed by atoms with Crippen LogP contribution in [0, 0.1) is 6.92 Å². The third-order valence-electron chi connectivity index (χ3n) is 2.52. The van der Waals surface area contributed by atoms with E-state index in [0.717, 1.165) is 11.4 Å². The van der Waals surface area contributed by atoms with Crippen molar-refractivity contribution in [1.29, 1.82) is 0 Å². The van der Waals surface area contributed by atoms with Crippen LogP contribution in [-0.2, 0) is 0 Å². The zero-order valence-electron chi connectivity index (χ0n) is 10.4. The molecular formula is C13H15N3O2. The first-order valence-electron chi connectivity index (χ1n) is 5.71. The maximum atomic E-state index is 11.4. The van der Waals surface area contributed by atoms with E-state index in [-0.39, 0.29) is 0 Å². The van der Waals surface area contributed by atoms with Crippen molar-refractivity contribution in [1.82, 2.24) is 9.78 Å². The van der Waals surface area contributed by atoms with Gasteiger partial charge in [-0.25, -0.2) is 4.68 Å². The molecule has 94 valence electrons. The summed E-state index contributed by atoms with van der Waals surface area (Å²) in [6.07, 6.45) is 1.83. The molecule has 0 spiro atoms. The molecule has 0 atom stereocenters. The standard InChI is InChI=1S/C13H15N3O2/c1-3-18-12-5-4-10(8-11(12)13(14)17)16-7-6-9(2)15-16/h4-8H,3H2,1-2H3,(H2,14,17). The highest BCUT2D eigenvalue weighted by Gasteiger charge is 2.11. The predicted octanol–water partition coefficient (Wildman–Crippen LogP) is 1.68. The molecule has 0 saturated carbocycles. The van der Waals surface area contributed by atoms with Crippen LogP contribution in [0.15, 0.2) is 30.5 Å². The number of nitrogens with zero attached hydrogens (tertiary/aromatic N) is 2. The van der Waals surface area contributed by atoms with E-state index in [1.165, 1.54) is 0 Å². The lowest BCUT2D eigenvalue weighted by atomic mass is 10.1. The number of amides is 1. The van der Waals surface area contributed by atoms with E-state index in [2.05, 4.69) is 5.10 Å². The summed E-state index contributed by atoms with van der Waals surface area (Å²) in [5.41, 5.74) is 7.40. The molecule has 0 fully saturated rings. The van der Waals surface area contributed by atoms with E-state index in [9.17, 15) is 4.79 Å². The minimum Gasteiger partial charge on any atom is -0.493 e. The summed E-state index contributed by atoms with van der Waals surface area (Å²) >= 11 is 0. The second-order valence-electron chi connectivity index (χ2n) is 3.88. The highest BCUT2D eigenvalue weighted by Crippen LogP contribution is 2.21. The molecule has 2 N–H and O–H groups in total. The van der Waals surface area contributed by atoms with E-state index in [4.69, 9.17) is 10.5 Å². The fourth-order valence-electron chi connectivity index (χ4n) is 1.69. The number of primary amides is 1. The number of aryl methyl sites for hydroxylation is 1. The van der Waals surface area contributed by atoms with E-state index in [1.807, 2.05) is 32.2 Å². The predicted molar refractivity (Wildman–Crippen MR) is 68.0 cm³/mol. The third kappa shape index (κ3) is 2.34. The minimum absolute atomic E-state index is 0.363. The molecule has 1 heterocycles. The van der Waals surface area contributed by atoms with Crippen LogP contribution in [0.3, 0.4) is 0 Å². The molecule has 5 nitrogen and oxygen atoms in total. The Kier molecular flexibility index (Phi) is 3.32. The lowest BCUT2D eigenvalue weighted by Gasteiger charge is -2.09. The zero-order chi connectivity index (χ0) is 13.1. The summed E-state index contributed by atoms with van der Waals surface area (Å²) in [6, 6.07) is 7.14. The van der Waals surface area contributed by atoms with Gasteiger partial charge in [0.2, 0.25) is 0 Å². The van der Waals surface area contributed by atoms with Crippen molar-refractivity contribution in [3.8, 4) is 11.4 Å². The molecule has 0 aliphatic rings. The molecule has 0 unspecified atom stereocenters. The van der Waals surface area contributed by atoms with Gasteiger partial charge >= 0.3 is 0 Å². The molecule has 1 aromatic heterocycles. The summed E-state index contributed by atoms with van der Waals surface area (Å²) in [7, 11) is 0. The van der Waals surface area contributed by atoms with Gasteiger partial charge in [-0.3, -0.25) is 4.79 Å². The molecule has 1 amide bonds. The van der Waals surface area contributed by atoms with Crippen LogP contribution in [0.2, 0.25) is 0 Å².